The third-order valence-electron chi connectivity index (χ3n) is 2.30. The van der Waals surface area contributed by atoms with Crippen molar-refractivity contribution in [1.29, 1.82) is 0 Å². The van der Waals surface area contributed by atoms with E-state index in [1.807, 2.05) is 0 Å². The second-order valence-corrected chi connectivity index (χ2v) is 3.84. The molecule has 18 heavy (non-hydrogen) atoms. The van der Waals surface area contributed by atoms with Gasteiger partial charge in [-0.1, -0.05) is 12.1 Å². The summed E-state index contributed by atoms with van der Waals surface area (Å²) in [5, 5.41) is 29.1. The SMILES string of the molecule is O=C(Cc1cccc(O)c1)NCC[C@H](O)C(=O)O. The molecule has 0 unspecified atom stereocenters. The van der Waals surface area contributed by atoms with E-state index in [1.54, 1.807) is 12.1 Å². The van der Waals surface area contributed by atoms with Gasteiger partial charge in [0.2, 0.25) is 5.91 Å². The van der Waals surface area contributed by atoms with Crippen LogP contribution in [0.15, 0.2) is 24.3 Å². The molecule has 0 spiro atoms. The highest BCUT2D eigenvalue weighted by Gasteiger charge is 2.12. The Kier molecular flexibility index (Phi) is 5.13. The van der Waals surface area contributed by atoms with Crippen LogP contribution in [0.25, 0.3) is 0 Å². The highest BCUT2D eigenvalue weighted by molar-refractivity contribution is 5.78. The van der Waals surface area contributed by atoms with Crippen LogP contribution in [-0.2, 0) is 16.0 Å². The maximum absolute atomic E-state index is 11.5. The molecule has 0 radical (unpaired) electrons. The Bertz CT molecular complexity index is 432. The van der Waals surface area contributed by atoms with Crippen LogP contribution in [0.3, 0.4) is 0 Å². The number of carbonyl (C=O) groups is 2. The predicted molar refractivity (Wildman–Crippen MR) is 63.1 cm³/mol. The summed E-state index contributed by atoms with van der Waals surface area (Å²) in [6.07, 6.45) is -1.41. The number of aromatic hydroxyl groups is 1. The van der Waals surface area contributed by atoms with Gasteiger partial charge in [0.05, 0.1) is 6.42 Å². The molecule has 1 aromatic carbocycles. The van der Waals surface area contributed by atoms with Gasteiger partial charge < -0.3 is 20.6 Å². The van der Waals surface area contributed by atoms with Crippen molar-refractivity contribution in [2.24, 2.45) is 0 Å². The molecule has 6 nitrogen and oxygen atoms in total. The van der Waals surface area contributed by atoms with Gasteiger partial charge >= 0.3 is 5.97 Å². The van der Waals surface area contributed by atoms with Crippen LogP contribution in [0.1, 0.15) is 12.0 Å². The van der Waals surface area contributed by atoms with E-state index in [0.717, 1.165) is 0 Å². The third-order valence-corrected chi connectivity index (χ3v) is 2.30. The second kappa shape index (κ2) is 6.61. The summed E-state index contributed by atoms with van der Waals surface area (Å²) in [7, 11) is 0. The van der Waals surface area contributed by atoms with Crippen molar-refractivity contribution in [2.45, 2.75) is 18.9 Å². The zero-order chi connectivity index (χ0) is 13.5. The first-order valence-electron chi connectivity index (χ1n) is 5.44. The minimum absolute atomic E-state index is 0.0406. The molecule has 0 aliphatic rings. The van der Waals surface area contributed by atoms with Crippen LogP contribution >= 0.6 is 0 Å². The molecule has 0 heterocycles. The molecule has 4 N–H and O–H groups in total. The number of phenols is 1. The molecule has 0 aliphatic heterocycles. The van der Waals surface area contributed by atoms with Crippen molar-refractivity contribution >= 4 is 11.9 Å². The van der Waals surface area contributed by atoms with Crippen LogP contribution < -0.4 is 5.32 Å². The summed E-state index contributed by atoms with van der Waals surface area (Å²) in [4.78, 5) is 21.8. The van der Waals surface area contributed by atoms with E-state index in [9.17, 15) is 14.7 Å². The molecule has 0 bridgehead atoms. The molecule has 1 amide bonds. The van der Waals surface area contributed by atoms with Gasteiger partial charge in [-0.25, -0.2) is 4.79 Å². The van der Waals surface area contributed by atoms with Gasteiger partial charge in [-0.15, -0.1) is 0 Å². The number of aliphatic hydroxyl groups excluding tert-OH is 1. The van der Waals surface area contributed by atoms with Crippen molar-refractivity contribution < 1.29 is 24.9 Å². The van der Waals surface area contributed by atoms with Crippen LogP contribution in [0.2, 0.25) is 0 Å². The first-order valence-corrected chi connectivity index (χ1v) is 5.44. The molecular weight excluding hydrogens is 238 g/mol. The lowest BCUT2D eigenvalue weighted by molar-refractivity contribution is -0.147. The number of hydrogen-bond acceptors (Lipinski definition) is 4. The normalized spacial score (nSPS) is 11.8. The second-order valence-electron chi connectivity index (χ2n) is 3.84. The van der Waals surface area contributed by atoms with E-state index < -0.39 is 12.1 Å². The number of amides is 1. The number of benzene rings is 1. The van der Waals surface area contributed by atoms with Crippen LogP contribution in [0.4, 0.5) is 0 Å². The number of aliphatic carboxylic acids is 1. The monoisotopic (exact) mass is 253 g/mol. The maximum Gasteiger partial charge on any atom is 0.332 e. The fourth-order valence-electron chi connectivity index (χ4n) is 1.39. The van der Waals surface area contributed by atoms with E-state index in [2.05, 4.69) is 5.32 Å². The van der Waals surface area contributed by atoms with Crippen LogP contribution in [0, 0.1) is 0 Å². The fourth-order valence-corrected chi connectivity index (χ4v) is 1.39. The molecule has 0 saturated carbocycles. The van der Waals surface area contributed by atoms with Gasteiger partial charge in [-0.3, -0.25) is 4.79 Å². The molecule has 0 aliphatic carbocycles. The third kappa shape index (κ3) is 4.84. The number of rotatable bonds is 6. The topological polar surface area (TPSA) is 107 Å². The first kappa shape index (κ1) is 14.0. The van der Waals surface area contributed by atoms with E-state index in [-0.39, 0.29) is 31.0 Å². The lowest BCUT2D eigenvalue weighted by atomic mass is 10.1. The highest BCUT2D eigenvalue weighted by Crippen LogP contribution is 2.11. The number of carboxylic acid groups (broad SMARTS) is 1. The van der Waals surface area contributed by atoms with Crippen LogP contribution in [0.5, 0.6) is 5.75 Å². The summed E-state index contributed by atoms with van der Waals surface area (Å²) >= 11 is 0. The molecule has 0 fully saturated rings. The maximum atomic E-state index is 11.5. The quantitative estimate of drug-likeness (QED) is 0.565. The van der Waals surface area contributed by atoms with Crippen molar-refractivity contribution in [1.82, 2.24) is 5.32 Å². The number of aliphatic hydroxyl groups is 1. The van der Waals surface area contributed by atoms with E-state index in [1.165, 1.54) is 12.1 Å². The first-order chi connectivity index (χ1) is 8.49. The number of carbonyl (C=O) groups excluding carboxylic acids is 1. The minimum atomic E-state index is -1.47. The summed E-state index contributed by atoms with van der Waals surface area (Å²) in [5.41, 5.74) is 0.659. The lowest BCUT2D eigenvalue weighted by Crippen LogP contribution is -2.30. The van der Waals surface area contributed by atoms with Crippen LogP contribution in [-0.4, -0.2) is 39.8 Å². The van der Waals surface area contributed by atoms with Crippen molar-refractivity contribution in [3.8, 4) is 5.75 Å². The van der Waals surface area contributed by atoms with Gasteiger partial charge in [-0.05, 0) is 17.7 Å². The zero-order valence-electron chi connectivity index (χ0n) is 9.67. The van der Waals surface area contributed by atoms with Gasteiger partial charge in [0.25, 0.3) is 0 Å². The molecule has 6 heteroatoms. The van der Waals surface area contributed by atoms with Gasteiger partial charge in [0.1, 0.15) is 5.75 Å². The van der Waals surface area contributed by atoms with E-state index in [0.29, 0.717) is 5.56 Å². The van der Waals surface area contributed by atoms with Crippen molar-refractivity contribution in [3.05, 3.63) is 29.8 Å². The Balaban J connectivity index is 2.32. The molecule has 1 rings (SSSR count). The van der Waals surface area contributed by atoms with E-state index in [4.69, 9.17) is 10.2 Å². The molecule has 1 aromatic rings. The van der Waals surface area contributed by atoms with Gasteiger partial charge in [0.15, 0.2) is 6.10 Å². The van der Waals surface area contributed by atoms with Gasteiger partial charge in [-0.2, -0.15) is 0 Å². The summed E-state index contributed by atoms with van der Waals surface area (Å²) in [6.45, 7) is 0.0884. The summed E-state index contributed by atoms with van der Waals surface area (Å²) in [6, 6.07) is 6.31. The van der Waals surface area contributed by atoms with Crippen molar-refractivity contribution in [3.63, 3.8) is 0 Å². The number of phenolic OH excluding ortho intramolecular Hbond substituents is 1. The largest absolute Gasteiger partial charge is 0.508 e. The summed E-state index contributed by atoms with van der Waals surface area (Å²) in [5.74, 6) is -1.52. The Morgan fingerprint density at radius 3 is 2.67 bits per heavy atom. The molecule has 1 atom stereocenters. The van der Waals surface area contributed by atoms with Crippen molar-refractivity contribution in [2.75, 3.05) is 6.54 Å². The Morgan fingerprint density at radius 2 is 2.06 bits per heavy atom. The standard InChI is InChI=1S/C12H15NO5/c14-9-3-1-2-8(6-9)7-11(16)13-5-4-10(15)12(17)18/h1-3,6,10,14-15H,4-5,7H2,(H,13,16)(H,17,18)/t10-/m0/s1. The highest BCUT2D eigenvalue weighted by atomic mass is 16.4. The molecular formula is C12H15NO5. The fraction of sp³-hybridized carbons (Fsp3) is 0.333. The average molecular weight is 253 g/mol. The Labute approximate surface area is 104 Å². The Morgan fingerprint density at radius 1 is 1.33 bits per heavy atom. The summed E-state index contributed by atoms with van der Waals surface area (Å²) < 4.78 is 0. The number of carboxylic acids is 1. The minimum Gasteiger partial charge on any atom is -0.508 e. The Hall–Kier alpha value is -2.08. The number of hydrogen-bond donors (Lipinski definition) is 4. The average Bonchev–Trinajstić information content (AvgIpc) is 2.28. The lowest BCUT2D eigenvalue weighted by Gasteiger charge is -2.07. The van der Waals surface area contributed by atoms with E-state index >= 15 is 0 Å². The molecule has 0 saturated heterocycles. The zero-order valence-corrected chi connectivity index (χ0v) is 9.67. The molecule has 0 aromatic heterocycles. The predicted octanol–water partition coefficient (Wildman–Crippen LogP) is -0.114. The smallest absolute Gasteiger partial charge is 0.332 e. The molecule has 98 valence electrons. The van der Waals surface area contributed by atoms with Gasteiger partial charge in [0, 0.05) is 13.0 Å². The number of nitrogens with one attached hydrogen (secondary N) is 1.